The highest BCUT2D eigenvalue weighted by molar-refractivity contribution is 7.27. The van der Waals surface area contributed by atoms with Crippen LogP contribution in [-0.4, -0.2) is 35.6 Å². The fraction of sp³-hybridized carbons (Fsp3) is 0.417. The Balaban J connectivity index is 2.14. The molecule has 5 heteroatoms. The average Bonchev–Trinajstić information content (AvgIpc) is 2.89. The molecule has 0 aliphatic carbocycles. The largest absolute Gasteiger partial charge is 0.396 e. The molecule has 17 heavy (non-hydrogen) atoms. The van der Waals surface area contributed by atoms with Gasteiger partial charge < -0.3 is 10.0 Å². The van der Waals surface area contributed by atoms with E-state index in [1.54, 1.807) is 27.6 Å². The lowest BCUT2D eigenvalue weighted by atomic mass is 10.3. The molecule has 2 heterocycles. The Bertz CT molecular complexity index is 475. The van der Waals surface area contributed by atoms with Crippen molar-refractivity contribution in [3.63, 3.8) is 0 Å². The van der Waals surface area contributed by atoms with Crippen LogP contribution in [0.2, 0.25) is 0 Å². The number of hydrogen-bond donors (Lipinski definition) is 1. The minimum absolute atomic E-state index is 0.0781. The van der Waals surface area contributed by atoms with Crippen molar-refractivity contribution in [1.29, 1.82) is 0 Å². The van der Waals surface area contributed by atoms with E-state index in [1.807, 2.05) is 24.4 Å². The number of nitrogens with zero attached hydrogens (tertiary/aromatic N) is 1. The third-order valence-corrected chi connectivity index (χ3v) is 4.69. The number of amides is 1. The van der Waals surface area contributed by atoms with E-state index >= 15 is 0 Å². The van der Waals surface area contributed by atoms with Crippen molar-refractivity contribution in [2.24, 2.45) is 0 Å². The Kier molecular flexibility index (Phi) is 4.15. The van der Waals surface area contributed by atoms with E-state index in [1.165, 1.54) is 9.40 Å². The summed E-state index contributed by atoms with van der Waals surface area (Å²) in [4.78, 5) is 14.8. The standard InChI is InChI=1S/C12H15NO2S2/c1-2-13(5-3-6-14)12(15)11-8-10-9(17-11)4-7-16-10/h4,7-8,14H,2-3,5-6H2,1H3. The molecule has 92 valence electrons. The first-order valence-corrected chi connectivity index (χ1v) is 7.33. The molecule has 0 saturated carbocycles. The molecule has 0 unspecified atom stereocenters. The van der Waals surface area contributed by atoms with Crippen LogP contribution in [0.3, 0.4) is 0 Å². The lowest BCUT2D eigenvalue weighted by Crippen LogP contribution is -2.31. The molecule has 2 aromatic heterocycles. The molecule has 0 aliphatic rings. The van der Waals surface area contributed by atoms with Crippen molar-refractivity contribution in [2.45, 2.75) is 13.3 Å². The van der Waals surface area contributed by atoms with E-state index in [0.717, 1.165) is 4.88 Å². The smallest absolute Gasteiger partial charge is 0.263 e. The molecule has 0 bridgehead atoms. The van der Waals surface area contributed by atoms with E-state index in [2.05, 4.69) is 0 Å². The zero-order chi connectivity index (χ0) is 12.3. The van der Waals surface area contributed by atoms with E-state index in [-0.39, 0.29) is 12.5 Å². The van der Waals surface area contributed by atoms with E-state index < -0.39 is 0 Å². The van der Waals surface area contributed by atoms with Crippen molar-refractivity contribution in [3.8, 4) is 0 Å². The lowest BCUT2D eigenvalue weighted by molar-refractivity contribution is 0.0759. The van der Waals surface area contributed by atoms with Crippen LogP contribution in [0.1, 0.15) is 23.0 Å². The molecule has 1 N–H and O–H groups in total. The van der Waals surface area contributed by atoms with Crippen LogP contribution in [0.15, 0.2) is 17.5 Å². The van der Waals surface area contributed by atoms with Gasteiger partial charge in [-0.15, -0.1) is 22.7 Å². The first kappa shape index (κ1) is 12.5. The highest BCUT2D eigenvalue weighted by Crippen LogP contribution is 2.30. The molecule has 0 fully saturated rings. The summed E-state index contributed by atoms with van der Waals surface area (Å²) < 4.78 is 2.35. The Morgan fingerprint density at radius 3 is 2.94 bits per heavy atom. The summed E-state index contributed by atoms with van der Waals surface area (Å²) in [7, 11) is 0. The molecule has 0 spiro atoms. The summed E-state index contributed by atoms with van der Waals surface area (Å²) in [6.07, 6.45) is 0.638. The van der Waals surface area contributed by atoms with Gasteiger partial charge in [0, 0.05) is 29.1 Å². The Morgan fingerprint density at radius 1 is 1.47 bits per heavy atom. The zero-order valence-electron chi connectivity index (χ0n) is 9.68. The van der Waals surface area contributed by atoms with Gasteiger partial charge in [0.05, 0.1) is 4.88 Å². The van der Waals surface area contributed by atoms with Crippen molar-refractivity contribution in [1.82, 2.24) is 4.90 Å². The fourth-order valence-corrected chi connectivity index (χ4v) is 3.77. The van der Waals surface area contributed by atoms with E-state index in [4.69, 9.17) is 5.11 Å². The maximum absolute atomic E-state index is 12.2. The second-order valence-corrected chi connectivity index (χ2v) is 5.75. The van der Waals surface area contributed by atoms with Crippen molar-refractivity contribution < 1.29 is 9.90 Å². The second-order valence-electron chi connectivity index (χ2n) is 3.72. The summed E-state index contributed by atoms with van der Waals surface area (Å²) in [5, 5.41) is 10.9. The molecule has 2 rings (SSSR count). The Hall–Kier alpha value is -0.910. The minimum Gasteiger partial charge on any atom is -0.396 e. The van der Waals surface area contributed by atoms with Gasteiger partial charge in [-0.1, -0.05) is 0 Å². The number of thiophene rings is 2. The average molecular weight is 269 g/mol. The summed E-state index contributed by atoms with van der Waals surface area (Å²) in [6, 6.07) is 4.01. The maximum Gasteiger partial charge on any atom is 0.263 e. The number of aliphatic hydroxyl groups excluding tert-OH is 1. The molecule has 0 atom stereocenters. The SMILES string of the molecule is CCN(CCCO)C(=O)c1cc2sccc2s1. The monoisotopic (exact) mass is 269 g/mol. The number of hydrogen-bond acceptors (Lipinski definition) is 4. The van der Waals surface area contributed by atoms with Crippen LogP contribution in [0, 0.1) is 0 Å². The third-order valence-electron chi connectivity index (χ3n) is 2.61. The second kappa shape index (κ2) is 5.62. The highest BCUT2D eigenvalue weighted by atomic mass is 32.1. The first-order chi connectivity index (χ1) is 8.26. The number of carbonyl (C=O) groups excluding carboxylic acids is 1. The highest BCUT2D eigenvalue weighted by Gasteiger charge is 2.16. The lowest BCUT2D eigenvalue weighted by Gasteiger charge is -2.19. The zero-order valence-corrected chi connectivity index (χ0v) is 11.3. The summed E-state index contributed by atoms with van der Waals surface area (Å²) >= 11 is 3.21. The van der Waals surface area contributed by atoms with Gasteiger partial charge >= 0.3 is 0 Å². The molecular formula is C12H15NO2S2. The topological polar surface area (TPSA) is 40.5 Å². The van der Waals surface area contributed by atoms with Gasteiger partial charge in [-0.05, 0) is 30.9 Å². The molecular weight excluding hydrogens is 254 g/mol. The van der Waals surface area contributed by atoms with Crippen LogP contribution in [0.25, 0.3) is 9.40 Å². The third kappa shape index (κ3) is 2.68. The van der Waals surface area contributed by atoms with Crippen LogP contribution in [0.4, 0.5) is 0 Å². The van der Waals surface area contributed by atoms with Crippen LogP contribution in [0.5, 0.6) is 0 Å². The number of carbonyl (C=O) groups is 1. The number of fused-ring (bicyclic) bond motifs is 1. The van der Waals surface area contributed by atoms with Crippen molar-refractivity contribution >= 4 is 38.0 Å². The van der Waals surface area contributed by atoms with Gasteiger partial charge in [-0.3, -0.25) is 4.79 Å². The van der Waals surface area contributed by atoms with Gasteiger partial charge in [0.25, 0.3) is 5.91 Å². The minimum atomic E-state index is 0.0781. The Morgan fingerprint density at radius 2 is 2.29 bits per heavy atom. The molecule has 1 amide bonds. The van der Waals surface area contributed by atoms with E-state index in [0.29, 0.717) is 19.5 Å². The molecule has 2 aromatic rings. The van der Waals surface area contributed by atoms with Crippen LogP contribution in [-0.2, 0) is 0 Å². The quantitative estimate of drug-likeness (QED) is 0.906. The normalized spacial score (nSPS) is 10.9. The molecule has 0 aromatic carbocycles. The maximum atomic E-state index is 12.2. The fourth-order valence-electron chi connectivity index (χ4n) is 1.69. The van der Waals surface area contributed by atoms with Crippen LogP contribution >= 0.6 is 22.7 Å². The number of aliphatic hydroxyl groups is 1. The summed E-state index contributed by atoms with van der Waals surface area (Å²) in [5.74, 6) is 0.0781. The predicted octanol–water partition coefficient (Wildman–Crippen LogP) is 2.81. The van der Waals surface area contributed by atoms with Gasteiger partial charge in [0.15, 0.2) is 0 Å². The molecule has 0 aliphatic heterocycles. The van der Waals surface area contributed by atoms with Gasteiger partial charge in [-0.25, -0.2) is 0 Å². The molecule has 0 saturated heterocycles. The number of rotatable bonds is 5. The Labute approximate surface area is 108 Å². The van der Waals surface area contributed by atoms with E-state index in [9.17, 15) is 4.79 Å². The van der Waals surface area contributed by atoms with Gasteiger partial charge in [0.2, 0.25) is 0 Å². The van der Waals surface area contributed by atoms with Gasteiger partial charge in [-0.2, -0.15) is 0 Å². The van der Waals surface area contributed by atoms with Crippen LogP contribution < -0.4 is 0 Å². The summed E-state index contributed by atoms with van der Waals surface area (Å²) in [5.41, 5.74) is 0. The predicted molar refractivity (Wildman–Crippen MR) is 73.0 cm³/mol. The van der Waals surface area contributed by atoms with Crippen molar-refractivity contribution in [3.05, 3.63) is 22.4 Å². The molecule has 3 nitrogen and oxygen atoms in total. The van der Waals surface area contributed by atoms with Gasteiger partial charge in [0.1, 0.15) is 0 Å². The molecule has 0 radical (unpaired) electrons. The van der Waals surface area contributed by atoms with Crippen molar-refractivity contribution in [2.75, 3.05) is 19.7 Å². The summed E-state index contributed by atoms with van der Waals surface area (Å²) in [6.45, 7) is 3.40. The first-order valence-electron chi connectivity index (χ1n) is 5.63.